The van der Waals surface area contributed by atoms with E-state index < -0.39 is 5.60 Å². The molecule has 1 fully saturated rings. The summed E-state index contributed by atoms with van der Waals surface area (Å²) in [4.78, 5) is 16.3. The molecule has 0 bridgehead atoms. The predicted molar refractivity (Wildman–Crippen MR) is 79.1 cm³/mol. The van der Waals surface area contributed by atoms with Crippen molar-refractivity contribution < 1.29 is 9.90 Å². The Labute approximate surface area is 118 Å². The lowest BCUT2D eigenvalue weighted by atomic mass is 9.98. The highest BCUT2D eigenvalue weighted by atomic mass is 32.1. The van der Waals surface area contributed by atoms with Crippen molar-refractivity contribution in [3.63, 3.8) is 0 Å². The number of aryl methyl sites for hydroxylation is 1. The van der Waals surface area contributed by atoms with Crippen molar-refractivity contribution in [3.8, 4) is 0 Å². The molecule has 1 aliphatic heterocycles. The molecule has 19 heavy (non-hydrogen) atoms. The van der Waals surface area contributed by atoms with Gasteiger partial charge < -0.3 is 10.0 Å². The maximum Gasteiger partial charge on any atom is 0.246 e. The summed E-state index contributed by atoms with van der Waals surface area (Å²) in [5, 5.41) is 10.0. The average molecular weight is 279 g/mol. The zero-order chi connectivity index (χ0) is 13.9. The van der Waals surface area contributed by atoms with Gasteiger partial charge in [-0.25, -0.2) is 0 Å². The summed E-state index contributed by atoms with van der Waals surface area (Å²) in [5.74, 6) is 0.0451. The van der Waals surface area contributed by atoms with Gasteiger partial charge in [-0.3, -0.25) is 4.79 Å². The Balaban J connectivity index is 1.94. The maximum absolute atomic E-state index is 12.1. The highest BCUT2D eigenvalue weighted by Crippen LogP contribution is 2.22. The molecule has 1 atom stereocenters. The third kappa shape index (κ3) is 4.18. The van der Waals surface area contributed by atoms with Crippen LogP contribution in [-0.4, -0.2) is 34.6 Å². The van der Waals surface area contributed by atoms with E-state index in [-0.39, 0.29) is 5.91 Å². The van der Waals surface area contributed by atoms with Gasteiger partial charge in [-0.2, -0.15) is 0 Å². The fourth-order valence-electron chi connectivity index (χ4n) is 2.29. The molecule has 1 unspecified atom stereocenters. The molecule has 4 heteroatoms. The van der Waals surface area contributed by atoms with E-state index in [1.165, 1.54) is 4.88 Å². The number of rotatable bonds is 2. The number of aliphatic hydroxyl groups is 1. The summed E-state index contributed by atoms with van der Waals surface area (Å²) in [7, 11) is 0. The minimum Gasteiger partial charge on any atom is -0.390 e. The van der Waals surface area contributed by atoms with Crippen LogP contribution in [-0.2, 0) is 4.79 Å². The summed E-state index contributed by atoms with van der Waals surface area (Å²) in [6.07, 6.45) is 5.81. The second-order valence-corrected chi connectivity index (χ2v) is 6.78. The molecule has 1 N–H and O–H groups in total. The van der Waals surface area contributed by atoms with Crippen LogP contribution in [0.25, 0.3) is 6.08 Å². The third-order valence-electron chi connectivity index (χ3n) is 3.53. The molecule has 0 spiro atoms. The number of likely N-dealkylation sites (tertiary alicyclic amines) is 1. The van der Waals surface area contributed by atoms with Crippen molar-refractivity contribution in [1.82, 2.24) is 4.90 Å². The van der Waals surface area contributed by atoms with Crippen molar-refractivity contribution >= 4 is 23.3 Å². The number of nitrogens with zero attached hydrogens (tertiary/aromatic N) is 1. The van der Waals surface area contributed by atoms with Gasteiger partial charge in [-0.05, 0) is 51.3 Å². The minimum absolute atomic E-state index is 0.0451. The Bertz CT molecular complexity index is 476. The van der Waals surface area contributed by atoms with Gasteiger partial charge in [0.1, 0.15) is 0 Å². The summed E-state index contributed by atoms with van der Waals surface area (Å²) in [5.41, 5.74) is -0.621. The van der Waals surface area contributed by atoms with Gasteiger partial charge in [0.25, 0.3) is 0 Å². The lowest BCUT2D eigenvalue weighted by Gasteiger charge is -2.21. The van der Waals surface area contributed by atoms with Crippen LogP contribution < -0.4 is 0 Å². The van der Waals surface area contributed by atoms with E-state index in [0.29, 0.717) is 13.0 Å². The molecule has 1 aromatic rings. The molecule has 1 aliphatic rings. The monoisotopic (exact) mass is 279 g/mol. The highest BCUT2D eigenvalue weighted by molar-refractivity contribution is 7.12. The van der Waals surface area contributed by atoms with E-state index in [4.69, 9.17) is 0 Å². The summed E-state index contributed by atoms with van der Waals surface area (Å²) < 4.78 is 0. The maximum atomic E-state index is 12.1. The van der Waals surface area contributed by atoms with Crippen LogP contribution in [0.2, 0.25) is 0 Å². The molecule has 0 aromatic carbocycles. The molecule has 0 radical (unpaired) electrons. The molecular formula is C15H21NO2S. The third-order valence-corrected chi connectivity index (χ3v) is 4.49. The van der Waals surface area contributed by atoms with Crippen molar-refractivity contribution in [2.24, 2.45) is 0 Å². The first-order valence-electron chi connectivity index (χ1n) is 6.72. The highest BCUT2D eigenvalue weighted by Gasteiger charge is 2.26. The first-order valence-corrected chi connectivity index (χ1v) is 7.54. The second kappa shape index (κ2) is 5.88. The molecule has 0 aliphatic carbocycles. The second-order valence-electron chi connectivity index (χ2n) is 5.46. The Morgan fingerprint density at radius 2 is 2.21 bits per heavy atom. The van der Waals surface area contributed by atoms with Crippen LogP contribution in [0, 0.1) is 6.92 Å². The molecule has 1 aromatic heterocycles. The molecule has 2 rings (SSSR count). The smallest absolute Gasteiger partial charge is 0.246 e. The molecule has 1 saturated heterocycles. The van der Waals surface area contributed by atoms with Crippen LogP contribution in [0.5, 0.6) is 0 Å². The topological polar surface area (TPSA) is 40.5 Å². The van der Waals surface area contributed by atoms with Gasteiger partial charge in [0.05, 0.1) is 5.60 Å². The van der Waals surface area contributed by atoms with E-state index in [0.717, 1.165) is 24.3 Å². The molecule has 1 amide bonds. The first-order chi connectivity index (χ1) is 8.96. The van der Waals surface area contributed by atoms with Gasteiger partial charge >= 0.3 is 0 Å². The molecule has 3 nitrogen and oxygen atoms in total. The standard InChI is InChI=1S/C15H21NO2S/c1-12-4-5-13(19-12)6-7-14(17)16-10-3-8-15(2,18)9-11-16/h4-7,18H,3,8-11H2,1-2H3/b7-6+. The zero-order valence-electron chi connectivity index (χ0n) is 11.6. The lowest BCUT2D eigenvalue weighted by Crippen LogP contribution is -2.32. The zero-order valence-corrected chi connectivity index (χ0v) is 12.4. The summed E-state index contributed by atoms with van der Waals surface area (Å²) in [6, 6.07) is 4.08. The lowest BCUT2D eigenvalue weighted by molar-refractivity contribution is -0.126. The van der Waals surface area contributed by atoms with Crippen molar-refractivity contribution in [3.05, 3.63) is 28.0 Å². The number of hydrogen-bond acceptors (Lipinski definition) is 3. The number of carbonyl (C=O) groups is 1. The van der Waals surface area contributed by atoms with Crippen molar-refractivity contribution in [1.29, 1.82) is 0 Å². The van der Waals surface area contributed by atoms with Gasteiger partial charge in [0.15, 0.2) is 0 Å². The van der Waals surface area contributed by atoms with Crippen LogP contribution in [0.15, 0.2) is 18.2 Å². The number of thiophene rings is 1. The van der Waals surface area contributed by atoms with Crippen LogP contribution >= 0.6 is 11.3 Å². The average Bonchev–Trinajstić information content (AvgIpc) is 2.67. The molecule has 2 heterocycles. The number of hydrogen-bond donors (Lipinski definition) is 1. The van der Waals surface area contributed by atoms with Crippen LogP contribution in [0.4, 0.5) is 0 Å². The van der Waals surface area contributed by atoms with Crippen molar-refractivity contribution in [2.45, 2.75) is 38.7 Å². The SMILES string of the molecule is Cc1ccc(/C=C/C(=O)N2CCCC(C)(O)CC2)s1. The summed E-state index contributed by atoms with van der Waals surface area (Å²) in [6.45, 7) is 5.29. The van der Waals surface area contributed by atoms with E-state index >= 15 is 0 Å². The Morgan fingerprint density at radius 3 is 2.89 bits per heavy atom. The first kappa shape index (κ1) is 14.3. The Morgan fingerprint density at radius 1 is 1.42 bits per heavy atom. The number of carbonyl (C=O) groups excluding carboxylic acids is 1. The molecular weight excluding hydrogens is 258 g/mol. The van der Waals surface area contributed by atoms with Gasteiger partial charge in [-0.15, -0.1) is 11.3 Å². The van der Waals surface area contributed by atoms with E-state index in [1.54, 1.807) is 17.4 Å². The summed E-state index contributed by atoms with van der Waals surface area (Å²) >= 11 is 1.68. The largest absolute Gasteiger partial charge is 0.390 e. The van der Waals surface area contributed by atoms with E-state index in [1.807, 2.05) is 24.0 Å². The van der Waals surface area contributed by atoms with Gasteiger partial charge in [0, 0.05) is 28.9 Å². The normalized spacial score (nSPS) is 24.7. The van der Waals surface area contributed by atoms with E-state index in [2.05, 4.69) is 13.0 Å². The fraction of sp³-hybridized carbons (Fsp3) is 0.533. The van der Waals surface area contributed by atoms with Crippen LogP contribution in [0.1, 0.15) is 35.9 Å². The van der Waals surface area contributed by atoms with Gasteiger partial charge in [-0.1, -0.05) is 0 Å². The number of amides is 1. The van der Waals surface area contributed by atoms with Crippen LogP contribution in [0.3, 0.4) is 0 Å². The van der Waals surface area contributed by atoms with E-state index in [9.17, 15) is 9.90 Å². The fourth-order valence-corrected chi connectivity index (χ4v) is 3.07. The molecule has 104 valence electrons. The predicted octanol–water partition coefficient (Wildman–Crippen LogP) is 2.83. The Hall–Kier alpha value is -1.13. The van der Waals surface area contributed by atoms with Gasteiger partial charge in [0.2, 0.25) is 5.91 Å². The Kier molecular flexibility index (Phi) is 4.42. The molecule has 0 saturated carbocycles. The minimum atomic E-state index is -0.621. The van der Waals surface area contributed by atoms with Crippen molar-refractivity contribution in [2.75, 3.05) is 13.1 Å². The quantitative estimate of drug-likeness (QED) is 0.846.